The van der Waals surface area contributed by atoms with Crippen molar-refractivity contribution in [2.75, 3.05) is 12.0 Å². The molecular weight excluding hydrogens is 465 g/mol. The SMILES string of the molecule is COc1ccc(C)cc1N1C(=O)CC(N(NC(=O)Cc2ccccc2)C(=O)c2cccc(F)c2)C1=O. The van der Waals surface area contributed by atoms with Crippen molar-refractivity contribution in [1.29, 1.82) is 0 Å². The fourth-order valence-electron chi connectivity index (χ4n) is 4.03. The number of benzene rings is 3. The van der Waals surface area contributed by atoms with Gasteiger partial charge in [0.1, 0.15) is 17.6 Å². The summed E-state index contributed by atoms with van der Waals surface area (Å²) in [7, 11) is 1.42. The minimum Gasteiger partial charge on any atom is -0.495 e. The molecule has 3 aromatic rings. The Balaban J connectivity index is 1.67. The number of nitrogens with one attached hydrogen (secondary N) is 1. The summed E-state index contributed by atoms with van der Waals surface area (Å²) in [5.41, 5.74) is 4.12. The molecule has 0 saturated carbocycles. The van der Waals surface area contributed by atoms with Crippen LogP contribution in [-0.4, -0.2) is 41.8 Å². The second kappa shape index (κ2) is 10.4. The number of imide groups is 1. The van der Waals surface area contributed by atoms with Crippen LogP contribution in [0.4, 0.5) is 10.1 Å². The van der Waals surface area contributed by atoms with E-state index in [9.17, 15) is 23.6 Å². The van der Waals surface area contributed by atoms with Crippen LogP contribution in [0, 0.1) is 12.7 Å². The fourth-order valence-corrected chi connectivity index (χ4v) is 4.03. The quantitative estimate of drug-likeness (QED) is 0.424. The minimum atomic E-state index is -1.33. The average Bonchev–Trinajstić information content (AvgIpc) is 3.16. The van der Waals surface area contributed by atoms with Crippen molar-refractivity contribution in [3.05, 3.63) is 95.3 Å². The van der Waals surface area contributed by atoms with E-state index in [0.717, 1.165) is 21.5 Å². The number of hydrazine groups is 1. The van der Waals surface area contributed by atoms with Crippen molar-refractivity contribution in [3.8, 4) is 5.75 Å². The van der Waals surface area contributed by atoms with Crippen LogP contribution >= 0.6 is 0 Å². The third kappa shape index (κ3) is 5.10. The Kier molecular flexibility index (Phi) is 7.10. The van der Waals surface area contributed by atoms with E-state index in [1.165, 1.54) is 25.3 Å². The van der Waals surface area contributed by atoms with Gasteiger partial charge in [-0.05, 0) is 48.4 Å². The number of hydrogen-bond acceptors (Lipinski definition) is 5. The van der Waals surface area contributed by atoms with Crippen LogP contribution in [0.3, 0.4) is 0 Å². The molecule has 4 amide bonds. The number of carbonyl (C=O) groups excluding carboxylic acids is 4. The molecule has 36 heavy (non-hydrogen) atoms. The number of ether oxygens (including phenoxy) is 1. The molecule has 0 aromatic heterocycles. The van der Waals surface area contributed by atoms with E-state index in [2.05, 4.69) is 5.43 Å². The predicted molar refractivity (Wildman–Crippen MR) is 129 cm³/mol. The van der Waals surface area contributed by atoms with Gasteiger partial charge in [0, 0.05) is 5.56 Å². The van der Waals surface area contributed by atoms with Crippen molar-refractivity contribution in [1.82, 2.24) is 10.4 Å². The maximum atomic E-state index is 13.9. The van der Waals surface area contributed by atoms with Gasteiger partial charge in [0.15, 0.2) is 0 Å². The number of rotatable bonds is 6. The summed E-state index contributed by atoms with van der Waals surface area (Å²) in [4.78, 5) is 53.7. The Morgan fingerprint density at radius 2 is 1.81 bits per heavy atom. The van der Waals surface area contributed by atoms with Crippen LogP contribution in [0.2, 0.25) is 0 Å². The highest BCUT2D eigenvalue weighted by molar-refractivity contribution is 6.24. The fraction of sp³-hybridized carbons (Fsp3) is 0.185. The number of anilines is 1. The number of amides is 4. The summed E-state index contributed by atoms with van der Waals surface area (Å²) in [6, 6.07) is 17.4. The first-order chi connectivity index (χ1) is 17.3. The lowest BCUT2D eigenvalue weighted by Gasteiger charge is -2.28. The molecule has 1 aliphatic rings. The van der Waals surface area contributed by atoms with Gasteiger partial charge >= 0.3 is 0 Å². The maximum Gasteiger partial charge on any atom is 0.273 e. The number of methoxy groups -OCH3 is 1. The van der Waals surface area contributed by atoms with Gasteiger partial charge in [-0.25, -0.2) is 14.3 Å². The molecule has 0 spiro atoms. The van der Waals surface area contributed by atoms with Crippen LogP contribution in [0.25, 0.3) is 0 Å². The number of nitrogens with zero attached hydrogens (tertiary/aromatic N) is 2. The van der Waals surface area contributed by atoms with Crippen LogP contribution in [-0.2, 0) is 20.8 Å². The van der Waals surface area contributed by atoms with E-state index in [1.807, 2.05) is 0 Å². The Bertz CT molecular complexity index is 1330. The molecule has 0 radical (unpaired) electrons. The highest BCUT2D eigenvalue weighted by Gasteiger charge is 2.46. The third-order valence-electron chi connectivity index (χ3n) is 5.75. The molecule has 1 aliphatic heterocycles. The Hall–Kier alpha value is -4.53. The summed E-state index contributed by atoms with van der Waals surface area (Å²) in [6.45, 7) is 1.80. The average molecular weight is 490 g/mol. The topological polar surface area (TPSA) is 96.0 Å². The van der Waals surface area contributed by atoms with E-state index >= 15 is 0 Å². The highest BCUT2D eigenvalue weighted by atomic mass is 19.1. The second-order valence-electron chi connectivity index (χ2n) is 8.35. The van der Waals surface area contributed by atoms with E-state index < -0.39 is 35.5 Å². The largest absolute Gasteiger partial charge is 0.495 e. The van der Waals surface area contributed by atoms with Crippen molar-refractivity contribution in [3.63, 3.8) is 0 Å². The van der Waals surface area contributed by atoms with Crippen molar-refractivity contribution in [2.45, 2.75) is 25.8 Å². The van der Waals surface area contributed by atoms with Gasteiger partial charge in [0.05, 0.1) is 25.6 Å². The Morgan fingerprint density at radius 1 is 1.06 bits per heavy atom. The summed E-state index contributed by atoms with van der Waals surface area (Å²) in [5.74, 6) is -3.02. The lowest BCUT2D eigenvalue weighted by molar-refractivity contribution is -0.128. The van der Waals surface area contributed by atoms with Gasteiger partial charge in [-0.15, -0.1) is 0 Å². The summed E-state index contributed by atoms with van der Waals surface area (Å²) in [5, 5.41) is 0.822. The van der Waals surface area contributed by atoms with Crippen molar-refractivity contribution in [2.24, 2.45) is 0 Å². The number of halogens is 1. The van der Waals surface area contributed by atoms with Gasteiger partial charge in [0.2, 0.25) is 11.8 Å². The standard InChI is InChI=1S/C27H24FN3O5/c1-17-11-12-23(36-2)21(13-17)30-25(33)16-22(27(30)35)31(26(34)19-9-6-10-20(28)15-19)29-24(32)14-18-7-4-3-5-8-18/h3-13,15,22H,14,16H2,1-2H3,(H,29,32). The zero-order valence-electron chi connectivity index (χ0n) is 19.7. The van der Waals surface area contributed by atoms with Crippen LogP contribution in [0.15, 0.2) is 72.8 Å². The van der Waals surface area contributed by atoms with Gasteiger partial charge in [0.25, 0.3) is 11.8 Å². The first kappa shape index (κ1) is 24.6. The molecule has 9 heteroatoms. The van der Waals surface area contributed by atoms with Crippen LogP contribution < -0.4 is 15.1 Å². The second-order valence-corrected chi connectivity index (χ2v) is 8.35. The minimum absolute atomic E-state index is 0.0714. The first-order valence-electron chi connectivity index (χ1n) is 11.2. The molecule has 1 unspecified atom stereocenters. The lowest BCUT2D eigenvalue weighted by atomic mass is 10.1. The normalized spacial score (nSPS) is 15.1. The van der Waals surface area contributed by atoms with E-state index in [1.54, 1.807) is 55.5 Å². The highest BCUT2D eigenvalue weighted by Crippen LogP contribution is 2.34. The molecule has 4 rings (SSSR count). The molecule has 0 aliphatic carbocycles. The molecule has 1 saturated heterocycles. The third-order valence-corrected chi connectivity index (χ3v) is 5.75. The number of aryl methyl sites for hydroxylation is 1. The smallest absolute Gasteiger partial charge is 0.273 e. The van der Waals surface area contributed by atoms with Gasteiger partial charge < -0.3 is 4.74 Å². The monoisotopic (exact) mass is 489 g/mol. The summed E-state index contributed by atoms with van der Waals surface area (Å²) in [6.07, 6.45) is -0.444. The zero-order valence-corrected chi connectivity index (χ0v) is 19.7. The van der Waals surface area contributed by atoms with Gasteiger partial charge in [-0.2, -0.15) is 0 Å². The van der Waals surface area contributed by atoms with Crippen LogP contribution in [0.5, 0.6) is 5.75 Å². The zero-order chi connectivity index (χ0) is 25.8. The molecule has 3 aromatic carbocycles. The molecular formula is C27H24FN3O5. The first-order valence-corrected chi connectivity index (χ1v) is 11.2. The summed E-state index contributed by atoms with van der Waals surface area (Å²) < 4.78 is 19.2. The molecule has 1 heterocycles. The molecule has 1 N–H and O–H groups in total. The van der Waals surface area contributed by atoms with Gasteiger partial charge in [-0.3, -0.25) is 24.6 Å². The molecule has 1 fully saturated rings. The summed E-state index contributed by atoms with van der Waals surface area (Å²) >= 11 is 0. The number of hydrogen-bond donors (Lipinski definition) is 1. The van der Waals surface area contributed by atoms with Crippen LogP contribution in [0.1, 0.15) is 27.9 Å². The van der Waals surface area contributed by atoms with Gasteiger partial charge in [-0.1, -0.05) is 42.5 Å². The predicted octanol–water partition coefficient (Wildman–Crippen LogP) is 3.19. The molecule has 8 nitrogen and oxygen atoms in total. The Morgan fingerprint density at radius 3 is 2.50 bits per heavy atom. The van der Waals surface area contributed by atoms with E-state index in [-0.39, 0.29) is 24.1 Å². The van der Waals surface area contributed by atoms with Crippen molar-refractivity contribution >= 4 is 29.3 Å². The molecule has 1 atom stereocenters. The van der Waals surface area contributed by atoms with Crippen molar-refractivity contribution < 1.29 is 28.3 Å². The number of carbonyl (C=O) groups is 4. The van der Waals surface area contributed by atoms with E-state index in [0.29, 0.717) is 11.3 Å². The van der Waals surface area contributed by atoms with E-state index in [4.69, 9.17) is 4.74 Å². The molecule has 0 bridgehead atoms. The Labute approximate surface area is 207 Å². The lowest BCUT2D eigenvalue weighted by Crippen LogP contribution is -2.55. The molecule has 184 valence electrons. The maximum absolute atomic E-state index is 13.9.